The first kappa shape index (κ1) is 16.2. The highest BCUT2D eigenvalue weighted by Gasteiger charge is 2.22. The SMILES string of the molecule is CCOC(=O)C(C(=O)OCC)=c1ccc(=C=N)c(C#N)c1. The number of carbonyl (C=O) groups excluding carboxylic acids is 2. The van der Waals surface area contributed by atoms with Crippen molar-refractivity contribution in [2.45, 2.75) is 13.8 Å². The fourth-order valence-corrected chi connectivity index (χ4v) is 1.63. The molecule has 108 valence electrons. The van der Waals surface area contributed by atoms with Gasteiger partial charge in [-0.05, 0) is 37.1 Å². The number of hydrogen-bond donors (Lipinski definition) is 1. The average Bonchev–Trinajstić information content (AvgIpc) is 2.47. The van der Waals surface area contributed by atoms with E-state index in [2.05, 4.69) is 5.87 Å². The van der Waals surface area contributed by atoms with Crippen LogP contribution in [-0.4, -0.2) is 31.0 Å². The topological polar surface area (TPSA) is 100 Å². The first-order valence-electron chi connectivity index (χ1n) is 6.27. The van der Waals surface area contributed by atoms with Crippen molar-refractivity contribution in [1.29, 1.82) is 10.7 Å². The molecule has 0 fully saturated rings. The molecule has 0 aliphatic heterocycles. The van der Waals surface area contributed by atoms with Gasteiger partial charge in [-0.25, -0.2) is 9.59 Å². The molecule has 0 saturated carbocycles. The van der Waals surface area contributed by atoms with Gasteiger partial charge in [0.25, 0.3) is 0 Å². The zero-order valence-electron chi connectivity index (χ0n) is 11.7. The first-order valence-corrected chi connectivity index (χ1v) is 6.27. The standard InChI is InChI=1S/C15H14N2O4/c1-3-20-14(18)13(15(19)21-4-2)10-5-6-11(8-16)12(7-10)9-17/h5-7,16H,3-4H2,1-2H3. The number of carbonyl (C=O) groups is 2. The summed E-state index contributed by atoms with van der Waals surface area (Å²) >= 11 is 0. The first-order chi connectivity index (χ1) is 10.1. The van der Waals surface area contributed by atoms with Crippen LogP contribution in [0.2, 0.25) is 0 Å². The van der Waals surface area contributed by atoms with Crippen LogP contribution in [0.1, 0.15) is 19.4 Å². The maximum Gasteiger partial charge on any atom is 0.346 e. The number of nitrogens with one attached hydrogen (secondary N) is 1. The van der Waals surface area contributed by atoms with Gasteiger partial charge in [0.15, 0.2) is 5.57 Å². The highest BCUT2D eigenvalue weighted by atomic mass is 16.6. The lowest BCUT2D eigenvalue weighted by Gasteiger charge is -2.06. The molecular weight excluding hydrogens is 272 g/mol. The molecule has 6 heteroatoms. The maximum atomic E-state index is 11.9. The van der Waals surface area contributed by atoms with Crippen molar-refractivity contribution < 1.29 is 19.1 Å². The summed E-state index contributed by atoms with van der Waals surface area (Å²) in [5.41, 5.74) is -0.139. The molecule has 0 atom stereocenters. The molecular formula is C15H14N2O4. The molecule has 1 rings (SSSR count). The van der Waals surface area contributed by atoms with Gasteiger partial charge in [0.05, 0.1) is 24.0 Å². The summed E-state index contributed by atoms with van der Waals surface area (Å²) in [4.78, 5) is 23.8. The Hall–Kier alpha value is -2.90. The van der Waals surface area contributed by atoms with E-state index in [1.807, 2.05) is 6.07 Å². The summed E-state index contributed by atoms with van der Waals surface area (Å²) in [6, 6.07) is 6.09. The Labute approximate surface area is 121 Å². The minimum absolute atomic E-state index is 0.110. The average molecular weight is 286 g/mol. The van der Waals surface area contributed by atoms with Crippen LogP contribution >= 0.6 is 0 Å². The molecule has 0 unspecified atom stereocenters. The van der Waals surface area contributed by atoms with Crippen LogP contribution in [0, 0.1) is 16.7 Å². The molecule has 1 aromatic carbocycles. The highest BCUT2D eigenvalue weighted by Crippen LogP contribution is 2.02. The van der Waals surface area contributed by atoms with Crippen molar-refractivity contribution in [3.05, 3.63) is 34.2 Å². The van der Waals surface area contributed by atoms with Crippen LogP contribution in [0.4, 0.5) is 0 Å². The van der Waals surface area contributed by atoms with E-state index < -0.39 is 11.9 Å². The van der Waals surface area contributed by atoms with E-state index in [9.17, 15) is 9.59 Å². The molecule has 6 nitrogen and oxygen atoms in total. The Bertz CT molecular complexity index is 720. The Balaban J connectivity index is 3.63. The number of hydrogen-bond acceptors (Lipinski definition) is 6. The Kier molecular flexibility index (Phi) is 5.87. The molecule has 0 amide bonds. The van der Waals surface area contributed by atoms with Gasteiger partial charge >= 0.3 is 11.9 Å². The Morgan fingerprint density at radius 1 is 1.19 bits per heavy atom. The number of nitrogens with zero attached hydrogens (tertiary/aromatic N) is 1. The number of esters is 2. The third-order valence-corrected chi connectivity index (χ3v) is 2.52. The van der Waals surface area contributed by atoms with Crippen molar-refractivity contribution in [2.75, 3.05) is 13.2 Å². The number of nitriles is 1. The van der Waals surface area contributed by atoms with Crippen molar-refractivity contribution in [1.82, 2.24) is 0 Å². The van der Waals surface area contributed by atoms with Gasteiger partial charge < -0.3 is 9.47 Å². The molecule has 0 radical (unpaired) electrons. The fraction of sp³-hybridized carbons (Fsp3) is 0.267. The van der Waals surface area contributed by atoms with Crippen LogP contribution in [0.3, 0.4) is 0 Å². The van der Waals surface area contributed by atoms with Gasteiger partial charge in [-0.2, -0.15) is 5.26 Å². The van der Waals surface area contributed by atoms with E-state index in [1.165, 1.54) is 18.2 Å². The Morgan fingerprint density at radius 3 is 2.19 bits per heavy atom. The van der Waals surface area contributed by atoms with Crippen molar-refractivity contribution >= 4 is 23.4 Å². The largest absolute Gasteiger partial charge is 0.462 e. The van der Waals surface area contributed by atoms with Crippen LogP contribution in [0.25, 0.3) is 5.57 Å². The quantitative estimate of drug-likeness (QED) is 0.467. The van der Waals surface area contributed by atoms with Gasteiger partial charge in [-0.15, -0.1) is 0 Å². The van der Waals surface area contributed by atoms with Gasteiger partial charge in [0.2, 0.25) is 0 Å². The van der Waals surface area contributed by atoms with E-state index in [4.69, 9.17) is 20.1 Å². The molecule has 0 spiro atoms. The number of benzene rings is 1. The van der Waals surface area contributed by atoms with Gasteiger partial charge in [0, 0.05) is 0 Å². The van der Waals surface area contributed by atoms with Crippen LogP contribution in [0.5, 0.6) is 0 Å². The molecule has 1 aromatic rings. The molecule has 0 bridgehead atoms. The second kappa shape index (κ2) is 7.63. The minimum Gasteiger partial charge on any atom is -0.462 e. The summed E-state index contributed by atoms with van der Waals surface area (Å²) in [7, 11) is 0. The minimum atomic E-state index is -0.813. The second-order valence-corrected chi connectivity index (χ2v) is 3.81. The number of rotatable bonds is 4. The molecule has 0 aromatic heterocycles. The van der Waals surface area contributed by atoms with E-state index in [1.54, 1.807) is 13.8 Å². The molecule has 0 aliphatic carbocycles. The summed E-state index contributed by atoms with van der Waals surface area (Å²) in [5, 5.41) is 16.6. The van der Waals surface area contributed by atoms with Crippen LogP contribution in [-0.2, 0) is 19.1 Å². The predicted octanol–water partition coefficient (Wildman–Crippen LogP) is -0.245. The van der Waals surface area contributed by atoms with Crippen molar-refractivity contribution in [3.63, 3.8) is 0 Å². The van der Waals surface area contributed by atoms with Gasteiger partial charge in [0.1, 0.15) is 6.07 Å². The lowest BCUT2D eigenvalue weighted by atomic mass is 10.1. The van der Waals surface area contributed by atoms with E-state index in [0.29, 0.717) is 0 Å². The van der Waals surface area contributed by atoms with Crippen LogP contribution in [0.15, 0.2) is 18.2 Å². The fourth-order valence-electron chi connectivity index (χ4n) is 1.63. The molecule has 0 heterocycles. The molecule has 21 heavy (non-hydrogen) atoms. The third kappa shape index (κ3) is 3.78. The van der Waals surface area contributed by atoms with Gasteiger partial charge in [-0.1, -0.05) is 6.07 Å². The second-order valence-electron chi connectivity index (χ2n) is 3.81. The summed E-state index contributed by atoms with van der Waals surface area (Å²) in [6.45, 7) is 3.46. The summed E-state index contributed by atoms with van der Waals surface area (Å²) < 4.78 is 9.69. The zero-order chi connectivity index (χ0) is 15.8. The molecule has 0 saturated heterocycles. The lowest BCUT2D eigenvalue weighted by Crippen LogP contribution is -2.26. The summed E-state index contributed by atoms with van der Waals surface area (Å²) in [6.07, 6.45) is 0. The zero-order valence-corrected chi connectivity index (χ0v) is 11.7. The highest BCUT2D eigenvalue weighted by molar-refractivity contribution is 6.36. The monoisotopic (exact) mass is 286 g/mol. The van der Waals surface area contributed by atoms with E-state index >= 15 is 0 Å². The summed E-state index contributed by atoms with van der Waals surface area (Å²) in [5.74, 6) is 0.480. The van der Waals surface area contributed by atoms with E-state index in [-0.39, 0.29) is 34.8 Å². The normalized spacial score (nSPS) is 9.19. The molecule has 1 N–H and O–H groups in total. The molecule has 0 aliphatic rings. The lowest BCUT2D eigenvalue weighted by molar-refractivity contribution is -0.142. The predicted molar refractivity (Wildman–Crippen MR) is 73.9 cm³/mol. The van der Waals surface area contributed by atoms with Crippen molar-refractivity contribution in [3.8, 4) is 6.07 Å². The van der Waals surface area contributed by atoms with Gasteiger partial charge in [-0.3, -0.25) is 5.41 Å². The van der Waals surface area contributed by atoms with Crippen LogP contribution < -0.4 is 10.4 Å². The number of ether oxygens (including phenoxy) is 2. The Morgan fingerprint density at radius 2 is 1.76 bits per heavy atom. The van der Waals surface area contributed by atoms with E-state index in [0.717, 1.165) is 0 Å². The third-order valence-electron chi connectivity index (χ3n) is 2.52. The van der Waals surface area contributed by atoms with Crippen molar-refractivity contribution in [2.24, 2.45) is 0 Å². The maximum absolute atomic E-state index is 11.9. The smallest absolute Gasteiger partial charge is 0.346 e.